The highest BCUT2D eigenvalue weighted by atomic mass is 16.6. The molecule has 1 aliphatic heterocycles. The van der Waals surface area contributed by atoms with Crippen LogP contribution in [0, 0.1) is 5.21 Å². The summed E-state index contributed by atoms with van der Waals surface area (Å²) in [6, 6.07) is 0.110. The van der Waals surface area contributed by atoms with E-state index in [0.29, 0.717) is 19.8 Å². The molecule has 9 heavy (non-hydrogen) atoms. The van der Waals surface area contributed by atoms with E-state index in [1.807, 2.05) is 6.92 Å². The van der Waals surface area contributed by atoms with E-state index in [1.54, 1.807) is 7.05 Å². The monoisotopic (exact) mass is 131 g/mol. The molecule has 0 spiro atoms. The van der Waals surface area contributed by atoms with Crippen LogP contribution in [0.4, 0.5) is 0 Å². The Bertz CT molecular complexity index is 103. The Labute approximate surface area is 55.4 Å². The standard InChI is InChI=1S/C6H13NO2/c1-6-5-9-4-3-7(6,2)8/h6H,3-5H2,1-2H3. The minimum absolute atomic E-state index is 0.110. The van der Waals surface area contributed by atoms with Crippen molar-refractivity contribution in [1.82, 2.24) is 0 Å². The second-order valence-electron chi connectivity index (χ2n) is 2.82. The second-order valence-corrected chi connectivity index (χ2v) is 2.82. The number of likely N-dealkylation sites (N-methyl/N-ethyl adjacent to an activating group) is 1. The summed E-state index contributed by atoms with van der Waals surface area (Å²) in [6.45, 7) is 3.75. The number of rotatable bonds is 0. The van der Waals surface area contributed by atoms with Crippen LogP contribution in [0.2, 0.25) is 0 Å². The Balaban J connectivity index is 2.49. The van der Waals surface area contributed by atoms with Crippen molar-refractivity contribution in [2.75, 3.05) is 26.8 Å². The molecule has 1 aliphatic rings. The van der Waals surface area contributed by atoms with Crippen molar-refractivity contribution in [3.8, 4) is 0 Å². The molecule has 0 aliphatic carbocycles. The molecule has 0 aromatic heterocycles. The van der Waals surface area contributed by atoms with Crippen molar-refractivity contribution in [1.29, 1.82) is 0 Å². The van der Waals surface area contributed by atoms with Crippen molar-refractivity contribution in [3.05, 3.63) is 5.21 Å². The van der Waals surface area contributed by atoms with E-state index < -0.39 is 0 Å². The first-order chi connectivity index (χ1) is 4.13. The van der Waals surface area contributed by atoms with Crippen molar-refractivity contribution in [2.24, 2.45) is 0 Å². The molecule has 1 rings (SSSR count). The third-order valence-corrected chi connectivity index (χ3v) is 1.97. The Morgan fingerprint density at radius 1 is 1.67 bits per heavy atom. The molecule has 0 aromatic rings. The van der Waals surface area contributed by atoms with Crippen molar-refractivity contribution in [2.45, 2.75) is 13.0 Å². The van der Waals surface area contributed by atoms with Gasteiger partial charge in [-0.1, -0.05) is 0 Å². The lowest BCUT2D eigenvalue weighted by molar-refractivity contribution is -0.893. The van der Waals surface area contributed by atoms with E-state index in [2.05, 4.69) is 0 Å². The molecule has 0 aromatic carbocycles. The van der Waals surface area contributed by atoms with Crippen molar-refractivity contribution in [3.63, 3.8) is 0 Å². The van der Waals surface area contributed by atoms with E-state index in [1.165, 1.54) is 0 Å². The summed E-state index contributed by atoms with van der Waals surface area (Å²) in [4.78, 5) is 0. The summed E-state index contributed by atoms with van der Waals surface area (Å²) < 4.78 is 4.96. The number of quaternary nitrogens is 1. The van der Waals surface area contributed by atoms with Gasteiger partial charge in [-0.15, -0.1) is 0 Å². The van der Waals surface area contributed by atoms with Gasteiger partial charge in [0, 0.05) is 0 Å². The van der Waals surface area contributed by atoms with Gasteiger partial charge in [0.2, 0.25) is 0 Å². The number of hydrogen-bond acceptors (Lipinski definition) is 2. The van der Waals surface area contributed by atoms with Crippen LogP contribution in [-0.4, -0.2) is 37.5 Å². The van der Waals surface area contributed by atoms with Crippen LogP contribution in [0.1, 0.15) is 6.92 Å². The number of ether oxygens (including phenoxy) is 1. The van der Waals surface area contributed by atoms with Gasteiger partial charge in [0.05, 0.1) is 20.3 Å². The normalized spacial score (nSPS) is 45.0. The van der Waals surface area contributed by atoms with Gasteiger partial charge in [-0.2, -0.15) is 0 Å². The van der Waals surface area contributed by atoms with E-state index >= 15 is 0 Å². The number of hydrogen-bond donors (Lipinski definition) is 0. The number of nitrogens with zero attached hydrogens (tertiary/aromatic N) is 1. The van der Waals surface area contributed by atoms with E-state index in [0.717, 1.165) is 0 Å². The molecule has 2 atom stereocenters. The zero-order chi connectivity index (χ0) is 6.91. The minimum Gasteiger partial charge on any atom is -0.633 e. The quantitative estimate of drug-likeness (QED) is 0.351. The molecule has 2 unspecified atom stereocenters. The average molecular weight is 131 g/mol. The maximum absolute atomic E-state index is 11.3. The molecule has 0 radical (unpaired) electrons. The van der Waals surface area contributed by atoms with Gasteiger partial charge in [0.15, 0.2) is 0 Å². The fourth-order valence-electron chi connectivity index (χ4n) is 0.878. The fourth-order valence-corrected chi connectivity index (χ4v) is 0.878. The highest BCUT2D eigenvalue weighted by Crippen LogP contribution is 2.11. The third-order valence-electron chi connectivity index (χ3n) is 1.97. The van der Waals surface area contributed by atoms with Crippen LogP contribution in [0.3, 0.4) is 0 Å². The highest BCUT2D eigenvalue weighted by Gasteiger charge is 2.23. The lowest BCUT2D eigenvalue weighted by Gasteiger charge is -2.46. The van der Waals surface area contributed by atoms with Gasteiger partial charge in [0.1, 0.15) is 12.6 Å². The molecule has 0 amide bonds. The predicted octanol–water partition coefficient (Wildman–Crippen LogP) is 0.350. The zero-order valence-corrected chi connectivity index (χ0v) is 5.96. The van der Waals surface area contributed by atoms with E-state index in [4.69, 9.17) is 4.74 Å². The molecular formula is C6H13NO2. The molecule has 1 saturated heterocycles. The first-order valence-corrected chi connectivity index (χ1v) is 3.27. The molecule has 0 N–H and O–H groups in total. The van der Waals surface area contributed by atoms with Gasteiger partial charge >= 0.3 is 0 Å². The van der Waals surface area contributed by atoms with E-state index in [9.17, 15) is 5.21 Å². The fraction of sp³-hybridized carbons (Fsp3) is 1.00. The van der Waals surface area contributed by atoms with Crippen LogP contribution in [-0.2, 0) is 4.74 Å². The van der Waals surface area contributed by atoms with E-state index in [-0.39, 0.29) is 10.7 Å². The summed E-state index contributed by atoms with van der Waals surface area (Å²) in [6.07, 6.45) is 0. The van der Waals surface area contributed by atoms with Crippen LogP contribution in [0.15, 0.2) is 0 Å². The number of morpholine rings is 1. The summed E-state index contributed by atoms with van der Waals surface area (Å²) >= 11 is 0. The zero-order valence-electron chi connectivity index (χ0n) is 5.96. The third kappa shape index (κ3) is 1.41. The summed E-state index contributed by atoms with van der Waals surface area (Å²) in [5.41, 5.74) is 0. The van der Waals surface area contributed by atoms with Gasteiger partial charge in [-0.3, -0.25) is 0 Å². The van der Waals surface area contributed by atoms with Gasteiger partial charge < -0.3 is 14.6 Å². The molecule has 3 heteroatoms. The summed E-state index contributed by atoms with van der Waals surface area (Å²) in [7, 11) is 1.70. The topological polar surface area (TPSA) is 32.3 Å². The molecule has 54 valence electrons. The second kappa shape index (κ2) is 2.25. The Morgan fingerprint density at radius 3 is 2.67 bits per heavy atom. The molecule has 1 fully saturated rings. The Morgan fingerprint density at radius 2 is 2.33 bits per heavy atom. The SMILES string of the molecule is CC1COCC[N+]1(C)[O-]. The van der Waals surface area contributed by atoms with Gasteiger partial charge in [-0.25, -0.2) is 0 Å². The van der Waals surface area contributed by atoms with Crippen LogP contribution >= 0.6 is 0 Å². The maximum Gasteiger partial charge on any atom is 0.109 e. The maximum atomic E-state index is 11.3. The predicted molar refractivity (Wildman–Crippen MR) is 34.7 cm³/mol. The highest BCUT2D eigenvalue weighted by molar-refractivity contribution is 4.56. The molecular weight excluding hydrogens is 118 g/mol. The van der Waals surface area contributed by atoms with Crippen molar-refractivity contribution >= 4 is 0 Å². The first kappa shape index (κ1) is 6.99. The lowest BCUT2D eigenvalue weighted by Crippen LogP contribution is -2.53. The lowest BCUT2D eigenvalue weighted by atomic mass is 10.3. The summed E-state index contributed by atoms with van der Waals surface area (Å²) in [5.74, 6) is 0. The Hall–Kier alpha value is -0.120. The van der Waals surface area contributed by atoms with Crippen LogP contribution in [0.5, 0.6) is 0 Å². The van der Waals surface area contributed by atoms with Crippen LogP contribution in [0.25, 0.3) is 0 Å². The molecule has 3 nitrogen and oxygen atoms in total. The van der Waals surface area contributed by atoms with Gasteiger partial charge in [-0.05, 0) is 6.92 Å². The largest absolute Gasteiger partial charge is 0.633 e. The Kier molecular flexibility index (Phi) is 1.75. The van der Waals surface area contributed by atoms with Gasteiger partial charge in [0.25, 0.3) is 0 Å². The average Bonchev–Trinajstić information content (AvgIpc) is 1.77. The minimum atomic E-state index is -0.139. The number of hydroxylamine groups is 3. The van der Waals surface area contributed by atoms with Crippen LogP contribution < -0.4 is 0 Å². The van der Waals surface area contributed by atoms with Crippen molar-refractivity contribution < 1.29 is 9.38 Å². The first-order valence-electron chi connectivity index (χ1n) is 3.27. The molecule has 1 heterocycles. The summed E-state index contributed by atoms with van der Waals surface area (Å²) in [5, 5.41) is 11.3. The smallest absolute Gasteiger partial charge is 0.109 e. The molecule has 0 saturated carbocycles. The molecule has 0 bridgehead atoms.